The van der Waals surface area contributed by atoms with Gasteiger partial charge in [-0.1, -0.05) is 18.0 Å². The molecule has 1 saturated heterocycles. The van der Waals surface area contributed by atoms with Crippen LogP contribution in [0.4, 0.5) is 0 Å². The van der Waals surface area contributed by atoms with E-state index in [1.165, 1.54) is 19.3 Å². The molecule has 94 valence electrons. The molecule has 1 N–H and O–H groups in total. The number of rotatable bonds is 2. The standard InChI is InChI=1S/C13H16N4O/c1-2-6-11(15-8-3-1)13-16-12(17-18-13)10-5-4-7-14-9-10/h4-5,7,9,11,15H,1-3,6,8H2. The summed E-state index contributed by atoms with van der Waals surface area (Å²) in [5.74, 6) is 1.31. The summed E-state index contributed by atoms with van der Waals surface area (Å²) in [6, 6.07) is 4.00. The predicted octanol–water partition coefficient (Wildman–Crippen LogP) is 2.34. The van der Waals surface area contributed by atoms with E-state index in [1.807, 2.05) is 12.1 Å². The predicted molar refractivity (Wildman–Crippen MR) is 66.7 cm³/mol. The number of hydrogen-bond acceptors (Lipinski definition) is 5. The number of aromatic nitrogens is 3. The van der Waals surface area contributed by atoms with Crippen LogP contribution in [0.3, 0.4) is 0 Å². The maximum absolute atomic E-state index is 5.36. The topological polar surface area (TPSA) is 63.8 Å². The van der Waals surface area contributed by atoms with Crippen molar-refractivity contribution < 1.29 is 4.52 Å². The largest absolute Gasteiger partial charge is 0.337 e. The molecule has 0 aliphatic carbocycles. The Morgan fingerprint density at radius 3 is 3.17 bits per heavy atom. The molecule has 0 radical (unpaired) electrons. The second kappa shape index (κ2) is 5.27. The van der Waals surface area contributed by atoms with Gasteiger partial charge in [-0.2, -0.15) is 4.98 Å². The van der Waals surface area contributed by atoms with Crippen molar-refractivity contribution in [3.8, 4) is 11.4 Å². The fourth-order valence-electron chi connectivity index (χ4n) is 2.23. The Labute approximate surface area is 106 Å². The Bertz CT molecular complexity index is 489. The Kier molecular flexibility index (Phi) is 3.32. The third-order valence-corrected chi connectivity index (χ3v) is 3.22. The Morgan fingerprint density at radius 2 is 2.28 bits per heavy atom. The van der Waals surface area contributed by atoms with Crippen LogP contribution in [0, 0.1) is 0 Å². The van der Waals surface area contributed by atoms with Gasteiger partial charge in [-0.3, -0.25) is 4.98 Å². The molecule has 1 unspecified atom stereocenters. The first-order valence-electron chi connectivity index (χ1n) is 6.41. The SMILES string of the molecule is c1cncc(-c2noc(C3CCCCCN3)n2)c1. The van der Waals surface area contributed by atoms with Gasteiger partial charge in [-0.15, -0.1) is 0 Å². The minimum atomic E-state index is 0.199. The maximum Gasteiger partial charge on any atom is 0.244 e. The molecule has 0 aromatic carbocycles. The highest BCUT2D eigenvalue weighted by atomic mass is 16.5. The summed E-state index contributed by atoms with van der Waals surface area (Å²) in [5, 5.41) is 7.48. The average molecular weight is 244 g/mol. The summed E-state index contributed by atoms with van der Waals surface area (Å²) in [6.07, 6.45) is 8.25. The summed E-state index contributed by atoms with van der Waals surface area (Å²) in [7, 11) is 0. The van der Waals surface area contributed by atoms with E-state index < -0.39 is 0 Å². The molecule has 0 amide bonds. The van der Waals surface area contributed by atoms with Crippen molar-refractivity contribution in [3.05, 3.63) is 30.4 Å². The van der Waals surface area contributed by atoms with Gasteiger partial charge in [-0.25, -0.2) is 0 Å². The highest BCUT2D eigenvalue weighted by Gasteiger charge is 2.20. The number of pyridine rings is 1. The second-order valence-electron chi connectivity index (χ2n) is 4.55. The molecular weight excluding hydrogens is 228 g/mol. The lowest BCUT2D eigenvalue weighted by atomic mass is 10.1. The quantitative estimate of drug-likeness (QED) is 0.878. The molecule has 1 aliphatic heterocycles. The van der Waals surface area contributed by atoms with E-state index in [4.69, 9.17) is 4.52 Å². The highest BCUT2D eigenvalue weighted by Crippen LogP contribution is 2.23. The molecular formula is C13H16N4O. The lowest BCUT2D eigenvalue weighted by molar-refractivity contribution is 0.327. The first-order valence-corrected chi connectivity index (χ1v) is 6.41. The van der Waals surface area contributed by atoms with Crippen molar-refractivity contribution in [1.82, 2.24) is 20.4 Å². The lowest BCUT2D eigenvalue weighted by Crippen LogP contribution is -2.20. The minimum absolute atomic E-state index is 0.199. The zero-order valence-electron chi connectivity index (χ0n) is 10.2. The molecule has 1 aliphatic rings. The van der Waals surface area contributed by atoms with E-state index in [2.05, 4.69) is 20.4 Å². The van der Waals surface area contributed by atoms with Crippen LogP contribution < -0.4 is 5.32 Å². The van der Waals surface area contributed by atoms with Gasteiger partial charge < -0.3 is 9.84 Å². The second-order valence-corrected chi connectivity index (χ2v) is 4.55. The van der Waals surface area contributed by atoms with Crippen LogP contribution in [0.15, 0.2) is 29.0 Å². The Balaban J connectivity index is 1.80. The molecule has 5 nitrogen and oxygen atoms in total. The van der Waals surface area contributed by atoms with Crippen molar-refractivity contribution in [2.75, 3.05) is 6.54 Å². The van der Waals surface area contributed by atoms with Crippen LogP contribution in [0.2, 0.25) is 0 Å². The summed E-state index contributed by atoms with van der Waals surface area (Å²) >= 11 is 0. The third-order valence-electron chi connectivity index (χ3n) is 3.22. The van der Waals surface area contributed by atoms with Crippen molar-refractivity contribution in [2.24, 2.45) is 0 Å². The summed E-state index contributed by atoms with van der Waals surface area (Å²) in [5.41, 5.74) is 0.890. The summed E-state index contributed by atoms with van der Waals surface area (Å²) < 4.78 is 5.36. The summed E-state index contributed by atoms with van der Waals surface area (Å²) in [4.78, 5) is 8.53. The van der Waals surface area contributed by atoms with Crippen LogP contribution in [-0.2, 0) is 0 Å². The fourth-order valence-corrected chi connectivity index (χ4v) is 2.23. The zero-order valence-corrected chi connectivity index (χ0v) is 10.2. The highest BCUT2D eigenvalue weighted by molar-refractivity contribution is 5.51. The van der Waals surface area contributed by atoms with Crippen LogP contribution in [-0.4, -0.2) is 21.7 Å². The maximum atomic E-state index is 5.36. The van der Waals surface area contributed by atoms with Crippen LogP contribution in [0.1, 0.15) is 37.6 Å². The van der Waals surface area contributed by atoms with Gasteiger partial charge in [0.15, 0.2) is 0 Å². The fraction of sp³-hybridized carbons (Fsp3) is 0.462. The number of hydrogen-bond donors (Lipinski definition) is 1. The molecule has 0 spiro atoms. The monoisotopic (exact) mass is 244 g/mol. The van der Waals surface area contributed by atoms with Crippen molar-refractivity contribution in [1.29, 1.82) is 0 Å². The molecule has 2 aromatic rings. The molecule has 0 bridgehead atoms. The summed E-state index contributed by atoms with van der Waals surface area (Å²) in [6.45, 7) is 1.02. The minimum Gasteiger partial charge on any atom is -0.337 e. The van der Waals surface area contributed by atoms with Gasteiger partial charge in [-0.05, 0) is 31.5 Å². The zero-order chi connectivity index (χ0) is 12.2. The van der Waals surface area contributed by atoms with E-state index in [0.29, 0.717) is 11.7 Å². The van der Waals surface area contributed by atoms with E-state index in [9.17, 15) is 0 Å². The Morgan fingerprint density at radius 1 is 1.28 bits per heavy atom. The molecule has 5 heteroatoms. The first-order chi connectivity index (χ1) is 8.93. The molecule has 2 aromatic heterocycles. The van der Waals surface area contributed by atoms with Gasteiger partial charge in [0.25, 0.3) is 0 Å². The van der Waals surface area contributed by atoms with Gasteiger partial charge in [0.1, 0.15) is 0 Å². The molecule has 3 heterocycles. The first kappa shape index (κ1) is 11.3. The van der Waals surface area contributed by atoms with Crippen LogP contribution >= 0.6 is 0 Å². The van der Waals surface area contributed by atoms with Gasteiger partial charge in [0, 0.05) is 18.0 Å². The molecule has 3 rings (SSSR count). The van der Waals surface area contributed by atoms with E-state index >= 15 is 0 Å². The average Bonchev–Trinajstić information content (AvgIpc) is 2.76. The smallest absolute Gasteiger partial charge is 0.244 e. The van der Waals surface area contributed by atoms with Gasteiger partial charge >= 0.3 is 0 Å². The van der Waals surface area contributed by atoms with E-state index in [-0.39, 0.29) is 6.04 Å². The van der Waals surface area contributed by atoms with Gasteiger partial charge in [0.2, 0.25) is 11.7 Å². The molecule has 1 atom stereocenters. The number of nitrogens with zero attached hydrogens (tertiary/aromatic N) is 3. The van der Waals surface area contributed by atoms with Gasteiger partial charge in [0.05, 0.1) is 6.04 Å². The molecule has 1 fully saturated rings. The van der Waals surface area contributed by atoms with Crippen molar-refractivity contribution in [2.45, 2.75) is 31.7 Å². The normalized spacial score (nSPS) is 20.6. The lowest BCUT2D eigenvalue weighted by Gasteiger charge is -2.09. The number of nitrogens with one attached hydrogen (secondary N) is 1. The van der Waals surface area contributed by atoms with Crippen LogP contribution in [0.5, 0.6) is 0 Å². The Hall–Kier alpha value is -1.75. The van der Waals surface area contributed by atoms with Crippen molar-refractivity contribution >= 4 is 0 Å². The molecule has 0 saturated carbocycles. The van der Waals surface area contributed by atoms with E-state index in [0.717, 1.165) is 18.5 Å². The molecule has 18 heavy (non-hydrogen) atoms. The van der Waals surface area contributed by atoms with Crippen LogP contribution in [0.25, 0.3) is 11.4 Å². The van der Waals surface area contributed by atoms with E-state index in [1.54, 1.807) is 12.4 Å². The van der Waals surface area contributed by atoms with Crippen molar-refractivity contribution in [3.63, 3.8) is 0 Å². The third kappa shape index (κ3) is 2.41.